The second kappa shape index (κ2) is 6.50. The van der Waals surface area contributed by atoms with Gasteiger partial charge in [0.1, 0.15) is 12.4 Å². The largest absolute Gasteiger partial charge is 0.461 e. The van der Waals surface area contributed by atoms with E-state index in [-0.39, 0.29) is 17.7 Å². The van der Waals surface area contributed by atoms with E-state index in [1.54, 1.807) is 6.92 Å². The Hall–Kier alpha value is -1.64. The van der Waals surface area contributed by atoms with Crippen LogP contribution in [0.2, 0.25) is 0 Å². The molecule has 1 saturated carbocycles. The summed E-state index contributed by atoms with van der Waals surface area (Å²) in [5.74, 6) is 0.705. The lowest BCUT2D eigenvalue weighted by molar-refractivity contribution is -0.154. The first-order chi connectivity index (χ1) is 9.15. The van der Waals surface area contributed by atoms with Gasteiger partial charge in [0.2, 0.25) is 0 Å². The number of hydrogen-bond donors (Lipinski definition) is 0. The summed E-state index contributed by atoms with van der Waals surface area (Å²) in [7, 11) is 0. The van der Waals surface area contributed by atoms with Gasteiger partial charge in [-0.1, -0.05) is 30.3 Å². The van der Waals surface area contributed by atoms with Gasteiger partial charge in [-0.05, 0) is 37.7 Å². The molecule has 1 aliphatic carbocycles. The summed E-state index contributed by atoms with van der Waals surface area (Å²) in [4.78, 5) is 22.7. The number of Topliss-reactive ketones (excluding diaryl/α,β-unsaturated/α-hetero) is 1. The first-order valence-corrected chi connectivity index (χ1v) is 6.85. The molecule has 1 aromatic rings. The third-order valence-electron chi connectivity index (χ3n) is 3.70. The minimum absolute atomic E-state index is 0.0423. The molecule has 1 fully saturated rings. The molecule has 102 valence electrons. The molecule has 3 heteroatoms. The van der Waals surface area contributed by atoms with Crippen molar-refractivity contribution in [1.29, 1.82) is 0 Å². The summed E-state index contributed by atoms with van der Waals surface area (Å²) in [6.07, 6.45) is 3.30. The summed E-state index contributed by atoms with van der Waals surface area (Å²) in [5.41, 5.74) is 1.02. The van der Waals surface area contributed by atoms with Crippen molar-refractivity contribution < 1.29 is 14.3 Å². The van der Waals surface area contributed by atoms with Crippen LogP contribution >= 0.6 is 0 Å². The Morgan fingerprint density at radius 2 is 1.89 bits per heavy atom. The van der Waals surface area contributed by atoms with Gasteiger partial charge >= 0.3 is 5.97 Å². The van der Waals surface area contributed by atoms with Crippen molar-refractivity contribution in [3.63, 3.8) is 0 Å². The zero-order valence-corrected chi connectivity index (χ0v) is 11.3. The average Bonchev–Trinajstić information content (AvgIpc) is 2.35. The van der Waals surface area contributed by atoms with E-state index >= 15 is 0 Å². The minimum atomic E-state index is -0.0945. The molecule has 1 aliphatic rings. The standard InChI is InChI=1S/C16H20O3/c1-12(17)7-8-14-9-15(10-14)16(18)19-11-13-5-3-2-4-6-13/h2-6,14-15H,7-11H2,1H3. The van der Waals surface area contributed by atoms with Crippen molar-refractivity contribution in [3.8, 4) is 0 Å². The average molecular weight is 260 g/mol. The molecule has 0 unspecified atom stereocenters. The predicted octanol–water partition coefficient (Wildman–Crippen LogP) is 3.13. The van der Waals surface area contributed by atoms with Crippen molar-refractivity contribution in [2.45, 2.75) is 39.2 Å². The van der Waals surface area contributed by atoms with Crippen LogP contribution < -0.4 is 0 Å². The summed E-state index contributed by atoms with van der Waals surface area (Å²) in [5, 5.41) is 0. The molecule has 0 bridgehead atoms. The number of hydrogen-bond acceptors (Lipinski definition) is 3. The number of carbonyl (C=O) groups excluding carboxylic acids is 2. The Morgan fingerprint density at radius 1 is 1.21 bits per heavy atom. The summed E-state index contributed by atoms with van der Waals surface area (Å²) >= 11 is 0. The van der Waals surface area contributed by atoms with Crippen LogP contribution in [-0.4, -0.2) is 11.8 Å². The fourth-order valence-corrected chi connectivity index (χ4v) is 2.42. The highest BCUT2D eigenvalue weighted by molar-refractivity contribution is 5.75. The van der Waals surface area contributed by atoms with Crippen LogP contribution in [0.25, 0.3) is 0 Å². The van der Waals surface area contributed by atoms with E-state index in [0.717, 1.165) is 24.8 Å². The second-order valence-electron chi connectivity index (χ2n) is 5.37. The van der Waals surface area contributed by atoms with Gasteiger partial charge in [0.15, 0.2) is 0 Å². The van der Waals surface area contributed by atoms with Gasteiger partial charge in [-0.3, -0.25) is 4.79 Å². The van der Waals surface area contributed by atoms with Gasteiger partial charge in [0, 0.05) is 6.42 Å². The SMILES string of the molecule is CC(=O)CCC1CC(C(=O)OCc2ccccc2)C1. The number of ketones is 1. The quantitative estimate of drug-likeness (QED) is 0.738. The maximum Gasteiger partial charge on any atom is 0.309 e. The Bertz CT molecular complexity index is 433. The third-order valence-corrected chi connectivity index (χ3v) is 3.70. The van der Waals surface area contributed by atoms with Crippen LogP contribution in [0.1, 0.15) is 38.2 Å². The van der Waals surface area contributed by atoms with Gasteiger partial charge in [0.25, 0.3) is 0 Å². The Labute approximate surface area is 114 Å². The van der Waals surface area contributed by atoms with Crippen molar-refractivity contribution in [3.05, 3.63) is 35.9 Å². The summed E-state index contributed by atoms with van der Waals surface area (Å²) < 4.78 is 5.30. The molecule has 2 rings (SSSR count). The number of esters is 1. The van der Waals surface area contributed by atoms with E-state index in [1.807, 2.05) is 30.3 Å². The van der Waals surface area contributed by atoms with Gasteiger partial charge in [-0.15, -0.1) is 0 Å². The number of rotatable bonds is 6. The monoisotopic (exact) mass is 260 g/mol. The predicted molar refractivity (Wildman–Crippen MR) is 72.4 cm³/mol. The van der Waals surface area contributed by atoms with Crippen LogP contribution in [-0.2, 0) is 20.9 Å². The molecule has 0 aliphatic heterocycles. The lowest BCUT2D eigenvalue weighted by Gasteiger charge is -2.33. The summed E-state index contributed by atoms with van der Waals surface area (Å²) in [6, 6.07) is 9.71. The van der Waals surface area contributed by atoms with Crippen LogP contribution in [0.3, 0.4) is 0 Å². The first kappa shape index (κ1) is 13.8. The third kappa shape index (κ3) is 4.19. The lowest BCUT2D eigenvalue weighted by Crippen LogP contribution is -2.32. The van der Waals surface area contributed by atoms with Crippen LogP contribution in [0.15, 0.2) is 30.3 Å². The van der Waals surface area contributed by atoms with Crippen molar-refractivity contribution in [2.24, 2.45) is 11.8 Å². The van der Waals surface area contributed by atoms with E-state index in [9.17, 15) is 9.59 Å². The molecule has 0 atom stereocenters. The van der Waals surface area contributed by atoms with Gasteiger partial charge in [0.05, 0.1) is 5.92 Å². The topological polar surface area (TPSA) is 43.4 Å². The Morgan fingerprint density at radius 3 is 2.53 bits per heavy atom. The molecule has 0 radical (unpaired) electrons. The Balaban J connectivity index is 1.65. The number of ether oxygens (including phenoxy) is 1. The van der Waals surface area contributed by atoms with E-state index in [0.29, 0.717) is 18.9 Å². The molecular formula is C16H20O3. The maximum atomic E-state index is 11.8. The van der Waals surface area contributed by atoms with E-state index in [2.05, 4.69) is 0 Å². The molecule has 19 heavy (non-hydrogen) atoms. The number of benzene rings is 1. The molecule has 0 spiro atoms. The van der Waals surface area contributed by atoms with Crippen LogP contribution in [0.5, 0.6) is 0 Å². The highest BCUT2D eigenvalue weighted by Gasteiger charge is 2.35. The molecule has 0 N–H and O–H groups in total. The number of carbonyl (C=O) groups is 2. The minimum Gasteiger partial charge on any atom is -0.461 e. The lowest BCUT2D eigenvalue weighted by atomic mass is 9.72. The molecule has 3 nitrogen and oxygen atoms in total. The highest BCUT2D eigenvalue weighted by atomic mass is 16.5. The molecule has 0 saturated heterocycles. The van der Waals surface area contributed by atoms with Crippen LogP contribution in [0.4, 0.5) is 0 Å². The molecule has 1 aromatic carbocycles. The highest BCUT2D eigenvalue weighted by Crippen LogP contribution is 2.37. The molecule has 0 heterocycles. The fraction of sp³-hybridized carbons (Fsp3) is 0.500. The van der Waals surface area contributed by atoms with E-state index in [4.69, 9.17) is 4.74 Å². The molecule has 0 amide bonds. The van der Waals surface area contributed by atoms with Gasteiger partial charge in [-0.2, -0.15) is 0 Å². The smallest absolute Gasteiger partial charge is 0.309 e. The maximum absolute atomic E-state index is 11.8. The van der Waals surface area contributed by atoms with Crippen LogP contribution in [0, 0.1) is 11.8 Å². The zero-order chi connectivity index (χ0) is 13.7. The van der Waals surface area contributed by atoms with Crippen molar-refractivity contribution in [1.82, 2.24) is 0 Å². The molecular weight excluding hydrogens is 240 g/mol. The fourth-order valence-electron chi connectivity index (χ4n) is 2.42. The van der Waals surface area contributed by atoms with E-state index < -0.39 is 0 Å². The van der Waals surface area contributed by atoms with Gasteiger partial charge in [-0.25, -0.2) is 0 Å². The first-order valence-electron chi connectivity index (χ1n) is 6.85. The molecule has 0 aromatic heterocycles. The zero-order valence-electron chi connectivity index (χ0n) is 11.3. The normalized spacial score (nSPS) is 21.5. The summed E-state index contributed by atoms with van der Waals surface area (Å²) in [6.45, 7) is 1.97. The van der Waals surface area contributed by atoms with Gasteiger partial charge < -0.3 is 9.53 Å². The second-order valence-corrected chi connectivity index (χ2v) is 5.37. The van der Waals surface area contributed by atoms with Crippen molar-refractivity contribution in [2.75, 3.05) is 0 Å². The van der Waals surface area contributed by atoms with E-state index in [1.165, 1.54) is 0 Å². The Kier molecular flexibility index (Phi) is 4.72. The van der Waals surface area contributed by atoms with Crippen molar-refractivity contribution >= 4 is 11.8 Å².